The monoisotopic (exact) mass is 251 g/mol. The number of hydrogen-bond acceptors (Lipinski definition) is 3. The number of aromatic nitrogens is 1. The highest BCUT2D eigenvalue weighted by atomic mass is 32.1. The maximum Gasteiger partial charge on any atom is 0.0794 e. The summed E-state index contributed by atoms with van der Waals surface area (Å²) < 4.78 is 0. The summed E-state index contributed by atoms with van der Waals surface area (Å²) in [6.45, 7) is 4.62. The fraction of sp³-hybridized carbons (Fsp3) is 0.462. The lowest BCUT2D eigenvalue weighted by molar-refractivity contribution is 0.579. The van der Waals surface area contributed by atoms with Crippen molar-refractivity contribution < 1.29 is 0 Å². The largest absolute Gasteiger partial charge is 0.253 e. The van der Waals surface area contributed by atoms with Crippen LogP contribution in [-0.2, 0) is 0 Å². The summed E-state index contributed by atoms with van der Waals surface area (Å²) in [5.74, 6) is 1.33. The zero-order valence-corrected chi connectivity index (χ0v) is 11.4. The minimum Gasteiger partial charge on any atom is -0.253 e. The molecular weight excluding hydrogens is 234 g/mol. The molecule has 0 saturated heterocycles. The van der Waals surface area contributed by atoms with Gasteiger partial charge in [0.1, 0.15) is 0 Å². The molecule has 0 aliphatic rings. The first-order valence-corrected chi connectivity index (χ1v) is 7.50. The van der Waals surface area contributed by atoms with E-state index in [0.717, 1.165) is 0 Å². The predicted molar refractivity (Wildman–Crippen MR) is 72.5 cm³/mol. The van der Waals surface area contributed by atoms with Crippen LogP contribution in [-0.4, -0.2) is 4.98 Å². The molecule has 0 bridgehead atoms. The Kier molecular flexibility index (Phi) is 4.13. The Hall–Kier alpha value is -0.670. The molecule has 0 amide bonds. The van der Waals surface area contributed by atoms with Crippen molar-refractivity contribution in [2.24, 2.45) is 0 Å². The molecule has 0 radical (unpaired) electrons. The van der Waals surface area contributed by atoms with Gasteiger partial charge in [-0.3, -0.25) is 4.98 Å². The van der Waals surface area contributed by atoms with Crippen LogP contribution in [0.15, 0.2) is 28.5 Å². The van der Waals surface area contributed by atoms with Gasteiger partial charge in [-0.05, 0) is 47.1 Å². The molecule has 16 heavy (non-hydrogen) atoms. The van der Waals surface area contributed by atoms with E-state index in [9.17, 15) is 0 Å². The fourth-order valence-electron chi connectivity index (χ4n) is 1.83. The van der Waals surface area contributed by atoms with Gasteiger partial charge in [-0.25, -0.2) is 0 Å². The van der Waals surface area contributed by atoms with Crippen molar-refractivity contribution in [1.29, 1.82) is 0 Å². The Morgan fingerprint density at radius 2 is 2.06 bits per heavy atom. The van der Waals surface area contributed by atoms with Gasteiger partial charge >= 0.3 is 0 Å². The summed E-state index contributed by atoms with van der Waals surface area (Å²) in [4.78, 5) is 5.55. The predicted octanol–water partition coefficient (Wildman–Crippen LogP) is 4.89. The zero-order valence-electron chi connectivity index (χ0n) is 9.72. The van der Waals surface area contributed by atoms with E-state index in [4.69, 9.17) is 0 Å². The highest BCUT2D eigenvalue weighted by Crippen LogP contribution is 2.29. The van der Waals surface area contributed by atoms with E-state index in [0.29, 0.717) is 11.8 Å². The highest BCUT2D eigenvalue weighted by molar-refractivity contribution is 7.09. The molecule has 0 saturated carbocycles. The SMILES string of the molecule is CC(CCC(C)c1cncs1)c1ccsc1. The molecule has 0 aromatic carbocycles. The van der Waals surface area contributed by atoms with Gasteiger partial charge in [0.15, 0.2) is 0 Å². The van der Waals surface area contributed by atoms with Gasteiger partial charge in [0.05, 0.1) is 5.51 Å². The summed E-state index contributed by atoms with van der Waals surface area (Å²) in [6.07, 6.45) is 4.51. The Labute approximate surface area is 105 Å². The smallest absolute Gasteiger partial charge is 0.0794 e. The summed E-state index contributed by atoms with van der Waals surface area (Å²) in [5.41, 5.74) is 3.41. The van der Waals surface area contributed by atoms with Crippen LogP contribution in [0.5, 0.6) is 0 Å². The zero-order chi connectivity index (χ0) is 11.4. The lowest BCUT2D eigenvalue weighted by Gasteiger charge is -2.13. The molecule has 2 rings (SSSR count). The Bertz CT molecular complexity index is 351. The Morgan fingerprint density at radius 3 is 2.69 bits per heavy atom. The lowest BCUT2D eigenvalue weighted by Crippen LogP contribution is -1.96. The molecule has 2 heterocycles. The summed E-state index contributed by atoms with van der Waals surface area (Å²) in [7, 11) is 0. The standard InChI is InChI=1S/C13H17NS2/c1-10(12-5-6-15-8-12)3-4-11(2)13-7-14-9-16-13/h5-11H,3-4H2,1-2H3. The van der Waals surface area contributed by atoms with Crippen LogP contribution in [0.1, 0.15) is 49.0 Å². The average molecular weight is 251 g/mol. The molecule has 0 fully saturated rings. The number of nitrogens with zero attached hydrogens (tertiary/aromatic N) is 1. The van der Waals surface area contributed by atoms with Gasteiger partial charge in [0.25, 0.3) is 0 Å². The van der Waals surface area contributed by atoms with Gasteiger partial charge < -0.3 is 0 Å². The van der Waals surface area contributed by atoms with Crippen LogP contribution >= 0.6 is 22.7 Å². The quantitative estimate of drug-likeness (QED) is 0.737. The van der Waals surface area contributed by atoms with Crippen LogP contribution < -0.4 is 0 Å². The van der Waals surface area contributed by atoms with Crippen molar-refractivity contribution in [3.63, 3.8) is 0 Å². The van der Waals surface area contributed by atoms with E-state index >= 15 is 0 Å². The number of hydrogen-bond donors (Lipinski definition) is 0. The third-order valence-electron chi connectivity index (χ3n) is 3.08. The van der Waals surface area contributed by atoms with E-state index in [1.165, 1.54) is 23.3 Å². The second-order valence-electron chi connectivity index (χ2n) is 4.34. The van der Waals surface area contributed by atoms with Gasteiger partial charge in [-0.15, -0.1) is 11.3 Å². The molecule has 0 N–H and O–H groups in total. The van der Waals surface area contributed by atoms with E-state index in [2.05, 4.69) is 35.7 Å². The van der Waals surface area contributed by atoms with Crippen molar-refractivity contribution in [3.8, 4) is 0 Å². The van der Waals surface area contributed by atoms with Crippen LogP contribution in [0.25, 0.3) is 0 Å². The molecule has 2 aromatic rings. The molecule has 2 aromatic heterocycles. The van der Waals surface area contributed by atoms with E-state index < -0.39 is 0 Å². The molecule has 2 atom stereocenters. The molecule has 0 aliphatic heterocycles. The van der Waals surface area contributed by atoms with Crippen molar-refractivity contribution in [2.75, 3.05) is 0 Å². The third kappa shape index (κ3) is 2.92. The topological polar surface area (TPSA) is 12.9 Å². The van der Waals surface area contributed by atoms with Crippen molar-refractivity contribution in [3.05, 3.63) is 39.0 Å². The number of rotatable bonds is 5. The van der Waals surface area contributed by atoms with Crippen LogP contribution in [0, 0.1) is 0 Å². The van der Waals surface area contributed by atoms with E-state index in [1.54, 1.807) is 22.7 Å². The Balaban J connectivity index is 1.84. The first-order chi connectivity index (χ1) is 7.77. The fourth-order valence-corrected chi connectivity index (χ4v) is 3.33. The lowest BCUT2D eigenvalue weighted by atomic mass is 9.94. The second-order valence-corrected chi connectivity index (χ2v) is 6.04. The minimum atomic E-state index is 0.647. The van der Waals surface area contributed by atoms with Crippen molar-refractivity contribution >= 4 is 22.7 Å². The van der Waals surface area contributed by atoms with Crippen LogP contribution in [0.2, 0.25) is 0 Å². The molecule has 86 valence electrons. The van der Waals surface area contributed by atoms with Gasteiger partial charge in [-0.1, -0.05) is 13.8 Å². The molecular formula is C13H17NS2. The first-order valence-electron chi connectivity index (χ1n) is 5.68. The Morgan fingerprint density at radius 1 is 1.25 bits per heavy atom. The van der Waals surface area contributed by atoms with Crippen molar-refractivity contribution in [2.45, 2.75) is 38.5 Å². The normalized spacial score (nSPS) is 14.9. The highest BCUT2D eigenvalue weighted by Gasteiger charge is 2.11. The summed E-state index contributed by atoms with van der Waals surface area (Å²) >= 11 is 3.56. The minimum absolute atomic E-state index is 0.647. The van der Waals surface area contributed by atoms with E-state index in [1.807, 2.05) is 11.7 Å². The third-order valence-corrected chi connectivity index (χ3v) is 4.79. The van der Waals surface area contributed by atoms with Gasteiger partial charge in [0.2, 0.25) is 0 Å². The van der Waals surface area contributed by atoms with Crippen molar-refractivity contribution in [1.82, 2.24) is 4.98 Å². The second kappa shape index (κ2) is 5.60. The summed E-state index contributed by atoms with van der Waals surface area (Å²) in [6, 6.07) is 2.24. The van der Waals surface area contributed by atoms with Gasteiger partial charge in [0, 0.05) is 11.1 Å². The molecule has 3 heteroatoms. The molecule has 0 aliphatic carbocycles. The summed E-state index contributed by atoms with van der Waals surface area (Å²) in [5, 5.41) is 4.43. The van der Waals surface area contributed by atoms with E-state index in [-0.39, 0.29) is 0 Å². The molecule has 0 spiro atoms. The molecule has 1 nitrogen and oxygen atoms in total. The van der Waals surface area contributed by atoms with Gasteiger partial charge in [-0.2, -0.15) is 11.3 Å². The van der Waals surface area contributed by atoms with Crippen LogP contribution in [0.4, 0.5) is 0 Å². The number of thiophene rings is 1. The average Bonchev–Trinajstić information content (AvgIpc) is 2.95. The maximum atomic E-state index is 4.14. The van der Waals surface area contributed by atoms with Crippen LogP contribution in [0.3, 0.4) is 0 Å². The first kappa shape index (κ1) is 11.8. The molecule has 2 unspecified atom stereocenters. The number of thiazole rings is 1. The maximum absolute atomic E-state index is 4.14.